The average Bonchev–Trinajstić information content (AvgIpc) is 2.61. The summed E-state index contributed by atoms with van der Waals surface area (Å²) in [5.74, 6) is 1.75. The molecule has 0 aromatic heterocycles. The van der Waals surface area contributed by atoms with Gasteiger partial charge < -0.3 is 15.4 Å². The van der Waals surface area contributed by atoms with Gasteiger partial charge in [0.05, 0.1) is 13.2 Å². The van der Waals surface area contributed by atoms with E-state index in [1.807, 2.05) is 13.1 Å². The molecule has 0 amide bonds. The Kier molecular flexibility index (Phi) is 12.7. The van der Waals surface area contributed by atoms with Crippen molar-refractivity contribution >= 4 is 29.9 Å². The van der Waals surface area contributed by atoms with Gasteiger partial charge in [0, 0.05) is 20.1 Å². The van der Waals surface area contributed by atoms with Gasteiger partial charge in [0.25, 0.3) is 0 Å². The number of rotatable bonds is 9. The first-order valence-electron chi connectivity index (χ1n) is 8.52. The van der Waals surface area contributed by atoms with E-state index in [2.05, 4.69) is 59.5 Å². The molecular weight excluding hydrogens is 415 g/mol. The maximum atomic E-state index is 5.38. The summed E-state index contributed by atoms with van der Waals surface area (Å²) >= 11 is 0. The molecule has 0 radical (unpaired) electrons. The Morgan fingerprint density at radius 1 is 1.21 bits per heavy atom. The molecule has 0 spiro atoms. The number of benzene rings is 1. The number of hydrogen-bond acceptors (Lipinski definition) is 3. The molecule has 0 saturated carbocycles. The highest BCUT2D eigenvalue weighted by molar-refractivity contribution is 14.0. The minimum Gasteiger partial charge on any atom is -0.497 e. The van der Waals surface area contributed by atoms with Gasteiger partial charge in [0.15, 0.2) is 5.96 Å². The summed E-state index contributed by atoms with van der Waals surface area (Å²) in [6.45, 7) is 10.3. The fourth-order valence-electron chi connectivity index (χ4n) is 2.63. The third-order valence-electron chi connectivity index (χ3n) is 3.96. The van der Waals surface area contributed by atoms with Crippen LogP contribution in [0.4, 0.5) is 0 Å². The maximum absolute atomic E-state index is 5.38. The predicted octanol–water partition coefficient (Wildman–Crippen LogP) is 3.27. The molecule has 1 unspecified atom stereocenters. The van der Waals surface area contributed by atoms with Gasteiger partial charge in [-0.15, -0.1) is 24.0 Å². The largest absolute Gasteiger partial charge is 0.497 e. The summed E-state index contributed by atoms with van der Waals surface area (Å²) in [7, 11) is 3.52. The number of nitrogens with one attached hydrogen (secondary N) is 2. The average molecular weight is 448 g/mol. The topological polar surface area (TPSA) is 48.9 Å². The summed E-state index contributed by atoms with van der Waals surface area (Å²) in [5, 5.41) is 6.76. The number of hydrogen-bond donors (Lipinski definition) is 2. The quantitative estimate of drug-likeness (QED) is 0.346. The Labute approximate surface area is 164 Å². The lowest BCUT2D eigenvalue weighted by atomic mass is 10.0. The molecule has 24 heavy (non-hydrogen) atoms. The fraction of sp³-hybridized carbons (Fsp3) is 0.611. The molecule has 0 fully saturated rings. The first kappa shape index (κ1) is 23.0. The molecule has 0 bridgehead atoms. The highest BCUT2D eigenvalue weighted by Gasteiger charge is 2.18. The van der Waals surface area contributed by atoms with Crippen LogP contribution in [-0.4, -0.2) is 51.2 Å². The lowest BCUT2D eigenvalue weighted by molar-refractivity contribution is 0.218. The van der Waals surface area contributed by atoms with Crippen LogP contribution < -0.4 is 15.4 Å². The first-order valence-corrected chi connectivity index (χ1v) is 8.52. The van der Waals surface area contributed by atoms with E-state index in [1.165, 1.54) is 5.56 Å². The van der Waals surface area contributed by atoms with E-state index in [1.54, 1.807) is 7.11 Å². The Morgan fingerprint density at radius 2 is 1.92 bits per heavy atom. The van der Waals surface area contributed by atoms with Crippen molar-refractivity contribution < 1.29 is 4.74 Å². The van der Waals surface area contributed by atoms with Crippen LogP contribution in [0.2, 0.25) is 0 Å². The standard InChI is InChI=1S/C18H32N4O.HI/c1-6-12-20-18(19-4)21-14-17(22(7-2)8-3)15-10-9-11-16(13-15)23-5;/h9-11,13,17H,6-8,12,14H2,1-5H3,(H2,19,20,21);1H. The number of ether oxygens (including phenoxy) is 1. The Morgan fingerprint density at radius 3 is 2.46 bits per heavy atom. The molecule has 5 nitrogen and oxygen atoms in total. The molecule has 1 aromatic rings. The van der Waals surface area contributed by atoms with E-state index in [-0.39, 0.29) is 30.0 Å². The highest BCUT2D eigenvalue weighted by Crippen LogP contribution is 2.23. The number of methoxy groups -OCH3 is 1. The van der Waals surface area contributed by atoms with Crippen LogP contribution in [0.3, 0.4) is 0 Å². The van der Waals surface area contributed by atoms with Crippen LogP contribution in [0.1, 0.15) is 38.8 Å². The second-order valence-corrected chi connectivity index (χ2v) is 5.39. The first-order chi connectivity index (χ1) is 11.2. The van der Waals surface area contributed by atoms with Crippen LogP contribution >= 0.6 is 24.0 Å². The molecule has 1 aromatic carbocycles. The number of guanidine groups is 1. The van der Waals surface area contributed by atoms with Gasteiger partial charge in [0.2, 0.25) is 0 Å². The number of likely N-dealkylation sites (N-methyl/N-ethyl adjacent to an activating group) is 1. The van der Waals surface area contributed by atoms with E-state index >= 15 is 0 Å². The predicted molar refractivity (Wildman–Crippen MR) is 114 cm³/mol. The minimum absolute atomic E-state index is 0. The van der Waals surface area contributed by atoms with Crippen LogP contribution in [0.25, 0.3) is 0 Å². The van der Waals surface area contributed by atoms with Gasteiger partial charge in [-0.25, -0.2) is 0 Å². The van der Waals surface area contributed by atoms with Crippen molar-refractivity contribution in [3.63, 3.8) is 0 Å². The van der Waals surface area contributed by atoms with Crippen molar-refractivity contribution in [3.8, 4) is 5.75 Å². The molecule has 0 aliphatic carbocycles. The zero-order valence-electron chi connectivity index (χ0n) is 15.6. The van der Waals surface area contributed by atoms with Crippen molar-refractivity contribution in [2.75, 3.05) is 40.3 Å². The van der Waals surface area contributed by atoms with Gasteiger partial charge >= 0.3 is 0 Å². The second kappa shape index (κ2) is 13.3. The van der Waals surface area contributed by atoms with E-state index in [4.69, 9.17) is 4.74 Å². The smallest absolute Gasteiger partial charge is 0.191 e. The van der Waals surface area contributed by atoms with E-state index in [0.717, 1.165) is 44.3 Å². The van der Waals surface area contributed by atoms with Gasteiger partial charge in [-0.1, -0.05) is 32.9 Å². The van der Waals surface area contributed by atoms with Gasteiger partial charge in [-0.3, -0.25) is 9.89 Å². The van der Waals surface area contributed by atoms with Crippen LogP contribution in [-0.2, 0) is 0 Å². The molecule has 2 N–H and O–H groups in total. The monoisotopic (exact) mass is 448 g/mol. The Hall–Kier alpha value is -1.02. The minimum atomic E-state index is 0. The molecule has 1 atom stereocenters. The second-order valence-electron chi connectivity index (χ2n) is 5.39. The number of halogens is 1. The lowest BCUT2D eigenvalue weighted by Crippen LogP contribution is -2.43. The fourth-order valence-corrected chi connectivity index (χ4v) is 2.63. The van der Waals surface area contributed by atoms with Crippen molar-refractivity contribution in [1.29, 1.82) is 0 Å². The Bertz CT molecular complexity index is 478. The molecule has 1 rings (SSSR count). The van der Waals surface area contributed by atoms with Crippen molar-refractivity contribution in [2.24, 2.45) is 4.99 Å². The third kappa shape index (κ3) is 7.25. The molecule has 0 aliphatic rings. The summed E-state index contributed by atoms with van der Waals surface area (Å²) in [4.78, 5) is 6.73. The van der Waals surface area contributed by atoms with Crippen molar-refractivity contribution in [1.82, 2.24) is 15.5 Å². The molecule has 138 valence electrons. The third-order valence-corrected chi connectivity index (χ3v) is 3.96. The zero-order valence-corrected chi connectivity index (χ0v) is 18.0. The summed E-state index contributed by atoms with van der Waals surface area (Å²) in [5.41, 5.74) is 1.26. The highest BCUT2D eigenvalue weighted by atomic mass is 127. The Balaban J connectivity index is 0.00000529. The van der Waals surface area contributed by atoms with E-state index in [0.29, 0.717) is 0 Å². The molecule has 0 aliphatic heterocycles. The maximum Gasteiger partial charge on any atom is 0.191 e. The summed E-state index contributed by atoms with van der Waals surface area (Å²) < 4.78 is 5.38. The SMILES string of the molecule is CCCNC(=NC)NCC(c1cccc(OC)c1)N(CC)CC.I. The van der Waals surface area contributed by atoms with Crippen LogP contribution in [0, 0.1) is 0 Å². The zero-order chi connectivity index (χ0) is 17.1. The van der Waals surface area contributed by atoms with E-state index < -0.39 is 0 Å². The normalized spacial score (nSPS) is 12.5. The van der Waals surface area contributed by atoms with Crippen molar-refractivity contribution in [2.45, 2.75) is 33.2 Å². The summed E-state index contributed by atoms with van der Waals surface area (Å²) in [6.07, 6.45) is 1.08. The van der Waals surface area contributed by atoms with Gasteiger partial charge in [-0.2, -0.15) is 0 Å². The van der Waals surface area contributed by atoms with E-state index in [9.17, 15) is 0 Å². The van der Waals surface area contributed by atoms with Gasteiger partial charge in [-0.05, 0) is 37.2 Å². The lowest BCUT2D eigenvalue weighted by Gasteiger charge is -2.31. The molecule has 6 heteroatoms. The van der Waals surface area contributed by atoms with Gasteiger partial charge in [0.1, 0.15) is 5.75 Å². The van der Waals surface area contributed by atoms with Crippen molar-refractivity contribution in [3.05, 3.63) is 29.8 Å². The van der Waals surface area contributed by atoms with Crippen LogP contribution in [0.5, 0.6) is 5.75 Å². The molecular formula is C18H33IN4O. The number of nitrogens with zero attached hydrogens (tertiary/aromatic N) is 2. The van der Waals surface area contributed by atoms with Crippen LogP contribution in [0.15, 0.2) is 29.3 Å². The number of aliphatic imine (C=N–C) groups is 1. The molecule has 0 saturated heterocycles. The summed E-state index contributed by atoms with van der Waals surface area (Å²) in [6, 6.07) is 8.59. The molecule has 0 heterocycles.